The van der Waals surface area contributed by atoms with Gasteiger partial charge in [-0.2, -0.15) is 0 Å². The Morgan fingerprint density at radius 2 is 2.21 bits per heavy atom. The summed E-state index contributed by atoms with van der Waals surface area (Å²) in [5.41, 5.74) is 5.78. The number of amides is 1. The van der Waals surface area contributed by atoms with Crippen molar-refractivity contribution in [3.63, 3.8) is 0 Å². The number of carbonyl (C=O) groups excluding carboxylic acids is 1. The molecule has 0 atom stereocenters. The van der Waals surface area contributed by atoms with E-state index in [9.17, 15) is 4.79 Å². The molecule has 0 aliphatic carbocycles. The summed E-state index contributed by atoms with van der Waals surface area (Å²) < 4.78 is 7.56. The molecule has 2 N–H and O–H groups in total. The molecule has 14 heavy (non-hydrogen) atoms. The number of hydrogen-bond donors (Lipinski definition) is 1. The van der Waals surface area contributed by atoms with Crippen LogP contribution in [0, 0.1) is 9.85 Å². The third kappa shape index (κ3) is 3.26. The van der Waals surface area contributed by atoms with Gasteiger partial charge >= 0.3 is 6.09 Å². The highest BCUT2D eigenvalue weighted by Crippen LogP contribution is 2.17. The lowest BCUT2D eigenvalue weighted by molar-refractivity contribution is 0.210. The Kier molecular flexibility index (Phi) is 4.26. The molecule has 0 bridgehead atoms. The molecule has 0 heterocycles. The molecular weight excluding hydrogens is 293 g/mol. The van der Waals surface area contributed by atoms with E-state index in [0.717, 1.165) is 5.56 Å². The van der Waals surface area contributed by atoms with Crippen LogP contribution in [0.4, 0.5) is 4.79 Å². The van der Waals surface area contributed by atoms with Gasteiger partial charge in [-0.05, 0) is 9.99 Å². The fourth-order valence-corrected chi connectivity index (χ4v) is 1.18. The van der Waals surface area contributed by atoms with Crippen LogP contribution in [0.2, 0.25) is 0 Å². The summed E-state index contributed by atoms with van der Waals surface area (Å²) in [7, 11) is 0. The third-order valence-corrected chi connectivity index (χ3v) is 1.91. The normalized spacial score (nSPS) is 8.64. The van der Waals surface area contributed by atoms with Crippen molar-refractivity contribution in [1.29, 1.82) is 0 Å². The lowest BCUT2D eigenvalue weighted by atomic mass is 10.1. The number of ether oxygens (including phenoxy) is 1. The van der Waals surface area contributed by atoms with Crippen LogP contribution in [-0.4, -0.2) is 6.09 Å². The van der Waals surface area contributed by atoms with Crippen molar-refractivity contribution < 1.29 is 9.53 Å². The standard InChI is InChI=1S/C10H8INO2/c11-7-3-5-8-4-1-2-6-9(8)14-10(12)13/h1-2,4,6H,5H2,(H2,12,13). The van der Waals surface area contributed by atoms with Crippen LogP contribution in [0.1, 0.15) is 5.56 Å². The predicted molar refractivity (Wildman–Crippen MR) is 62.2 cm³/mol. The molecule has 0 aromatic heterocycles. The smallest absolute Gasteiger partial charge is 0.409 e. The van der Waals surface area contributed by atoms with Crippen LogP contribution in [0.3, 0.4) is 0 Å². The van der Waals surface area contributed by atoms with E-state index in [0.29, 0.717) is 12.2 Å². The zero-order chi connectivity index (χ0) is 10.4. The highest BCUT2D eigenvalue weighted by Gasteiger charge is 2.03. The lowest BCUT2D eigenvalue weighted by Gasteiger charge is -2.04. The second-order valence-corrected chi connectivity index (χ2v) is 3.02. The van der Waals surface area contributed by atoms with Crippen molar-refractivity contribution >= 4 is 28.7 Å². The molecule has 4 heteroatoms. The van der Waals surface area contributed by atoms with Gasteiger partial charge in [0.25, 0.3) is 0 Å². The minimum Gasteiger partial charge on any atom is -0.410 e. The molecule has 0 spiro atoms. The quantitative estimate of drug-likeness (QED) is 0.671. The van der Waals surface area contributed by atoms with Gasteiger partial charge in [0.1, 0.15) is 5.75 Å². The molecule has 3 nitrogen and oxygen atoms in total. The second-order valence-electron chi connectivity index (χ2n) is 2.48. The second kappa shape index (κ2) is 5.50. The molecule has 1 amide bonds. The van der Waals surface area contributed by atoms with Gasteiger partial charge in [0.05, 0.1) is 0 Å². The summed E-state index contributed by atoms with van der Waals surface area (Å²) in [6.07, 6.45) is -0.258. The molecule has 0 unspecified atom stereocenters. The van der Waals surface area contributed by atoms with Crippen LogP contribution in [0.25, 0.3) is 0 Å². The summed E-state index contributed by atoms with van der Waals surface area (Å²) in [6, 6.07) is 7.17. The largest absolute Gasteiger partial charge is 0.410 e. The first-order chi connectivity index (χ1) is 6.74. The number of nitrogens with two attached hydrogens (primary N) is 1. The summed E-state index contributed by atoms with van der Waals surface area (Å²) in [6.45, 7) is 0. The van der Waals surface area contributed by atoms with Gasteiger partial charge in [0.2, 0.25) is 0 Å². The van der Waals surface area contributed by atoms with Crippen molar-refractivity contribution in [3.8, 4) is 15.6 Å². The van der Waals surface area contributed by atoms with Gasteiger partial charge in [-0.25, -0.2) is 4.79 Å². The number of halogens is 1. The van der Waals surface area contributed by atoms with E-state index in [1.165, 1.54) is 0 Å². The maximum absolute atomic E-state index is 10.6. The molecule has 0 aliphatic rings. The van der Waals surface area contributed by atoms with Crippen molar-refractivity contribution in [3.05, 3.63) is 29.8 Å². The van der Waals surface area contributed by atoms with Crippen LogP contribution < -0.4 is 10.5 Å². The number of primary amides is 1. The summed E-state index contributed by atoms with van der Waals surface area (Å²) in [4.78, 5) is 10.6. The fraction of sp³-hybridized carbons (Fsp3) is 0.100. The Morgan fingerprint density at radius 1 is 1.50 bits per heavy atom. The number of hydrogen-bond acceptors (Lipinski definition) is 2. The first-order valence-electron chi connectivity index (χ1n) is 3.87. The average Bonchev–Trinajstić information content (AvgIpc) is 2.16. The van der Waals surface area contributed by atoms with Gasteiger partial charge < -0.3 is 10.5 Å². The van der Waals surface area contributed by atoms with Crippen LogP contribution >= 0.6 is 22.6 Å². The minimum absolute atomic E-state index is 0.471. The molecule has 0 aliphatic heterocycles. The summed E-state index contributed by atoms with van der Waals surface area (Å²) in [5, 5.41) is 0. The molecule has 72 valence electrons. The molecule has 1 aromatic carbocycles. The van der Waals surface area contributed by atoms with E-state index in [1.54, 1.807) is 12.1 Å². The first kappa shape index (κ1) is 10.9. The van der Waals surface area contributed by atoms with E-state index in [4.69, 9.17) is 10.5 Å². The van der Waals surface area contributed by atoms with Gasteiger partial charge in [-0.15, -0.1) is 0 Å². The average molecular weight is 301 g/mol. The molecule has 1 aromatic rings. The molecule has 0 fully saturated rings. The Bertz CT molecular complexity index is 393. The van der Waals surface area contributed by atoms with Gasteiger partial charge in [0, 0.05) is 34.6 Å². The van der Waals surface area contributed by atoms with Gasteiger partial charge in [-0.1, -0.05) is 24.1 Å². The highest BCUT2D eigenvalue weighted by atomic mass is 127. The van der Waals surface area contributed by atoms with E-state index in [1.807, 2.05) is 34.7 Å². The molecule has 0 radical (unpaired) electrons. The van der Waals surface area contributed by atoms with Crippen LogP contribution in [-0.2, 0) is 6.42 Å². The number of carbonyl (C=O) groups is 1. The molecule has 1 rings (SSSR count). The summed E-state index contributed by atoms with van der Waals surface area (Å²) in [5.74, 6) is 3.35. The number of rotatable bonds is 2. The van der Waals surface area contributed by atoms with E-state index in [2.05, 4.69) is 9.85 Å². The first-order valence-corrected chi connectivity index (χ1v) is 4.95. The van der Waals surface area contributed by atoms with Crippen molar-refractivity contribution in [2.75, 3.05) is 0 Å². The van der Waals surface area contributed by atoms with Crippen molar-refractivity contribution in [2.45, 2.75) is 6.42 Å². The van der Waals surface area contributed by atoms with Crippen molar-refractivity contribution in [1.82, 2.24) is 0 Å². The van der Waals surface area contributed by atoms with Gasteiger partial charge in [0.15, 0.2) is 0 Å². The predicted octanol–water partition coefficient (Wildman–Crippen LogP) is 2.08. The summed E-state index contributed by atoms with van der Waals surface area (Å²) >= 11 is 1.96. The number of para-hydroxylation sites is 1. The maximum atomic E-state index is 10.6. The van der Waals surface area contributed by atoms with Crippen molar-refractivity contribution in [2.24, 2.45) is 5.73 Å². The molecule has 0 saturated heterocycles. The SMILES string of the molecule is NC(=O)Oc1ccccc1CC#CI. The van der Waals surface area contributed by atoms with Gasteiger partial charge in [-0.3, -0.25) is 0 Å². The zero-order valence-corrected chi connectivity index (χ0v) is 9.45. The van der Waals surface area contributed by atoms with E-state index < -0.39 is 6.09 Å². The Hall–Kier alpha value is -1.22. The fourth-order valence-electron chi connectivity index (χ4n) is 0.986. The minimum atomic E-state index is -0.806. The Balaban J connectivity index is 2.88. The monoisotopic (exact) mass is 301 g/mol. The highest BCUT2D eigenvalue weighted by molar-refractivity contribution is 14.1. The molecular formula is C10H8INO2. The molecule has 0 saturated carbocycles. The maximum Gasteiger partial charge on any atom is 0.409 e. The number of benzene rings is 1. The Morgan fingerprint density at radius 3 is 2.86 bits per heavy atom. The lowest BCUT2D eigenvalue weighted by Crippen LogP contribution is -2.17. The third-order valence-electron chi connectivity index (χ3n) is 1.53. The Labute approximate surface area is 95.8 Å². The zero-order valence-electron chi connectivity index (χ0n) is 7.29. The van der Waals surface area contributed by atoms with E-state index >= 15 is 0 Å². The van der Waals surface area contributed by atoms with E-state index in [-0.39, 0.29) is 0 Å². The van der Waals surface area contributed by atoms with Crippen LogP contribution in [0.15, 0.2) is 24.3 Å². The topological polar surface area (TPSA) is 52.3 Å². The van der Waals surface area contributed by atoms with Crippen LogP contribution in [0.5, 0.6) is 5.75 Å².